The van der Waals surface area contributed by atoms with Crippen molar-refractivity contribution >= 4 is 11.6 Å². The molecular formula is C14H19N3O. The lowest BCUT2D eigenvalue weighted by Crippen LogP contribution is -2.33. The van der Waals surface area contributed by atoms with Gasteiger partial charge in [-0.05, 0) is 50.1 Å². The van der Waals surface area contributed by atoms with Gasteiger partial charge in [-0.3, -0.25) is 9.69 Å². The van der Waals surface area contributed by atoms with Gasteiger partial charge in [0.25, 0.3) is 0 Å². The normalized spacial score (nSPS) is 27.1. The van der Waals surface area contributed by atoms with Crippen LogP contribution in [-0.2, 0) is 0 Å². The highest BCUT2D eigenvalue weighted by atomic mass is 16.1. The zero-order valence-electron chi connectivity index (χ0n) is 10.4. The summed E-state index contributed by atoms with van der Waals surface area (Å²) in [4.78, 5) is 13.6. The molecule has 2 aliphatic heterocycles. The molecule has 3 N–H and O–H groups in total. The molecule has 2 unspecified atom stereocenters. The first-order valence-corrected chi connectivity index (χ1v) is 6.64. The average Bonchev–Trinajstić information content (AvgIpc) is 2.95. The number of hydrogen-bond donors (Lipinski definition) is 2. The highest BCUT2D eigenvalue weighted by Gasteiger charge is 2.36. The Bertz CT molecular complexity index is 443. The molecule has 96 valence electrons. The molecule has 1 amide bonds. The summed E-state index contributed by atoms with van der Waals surface area (Å²) in [5, 5.41) is 3.58. The molecule has 2 saturated heterocycles. The van der Waals surface area contributed by atoms with Crippen molar-refractivity contribution in [3.05, 3.63) is 29.8 Å². The minimum atomic E-state index is -0.371. The number of carbonyl (C=O) groups excluding carboxylic acids is 1. The predicted octanol–water partition coefficient (Wildman–Crippen LogP) is 1.43. The smallest absolute Gasteiger partial charge is 0.248 e. The summed E-state index contributed by atoms with van der Waals surface area (Å²) in [6.07, 6.45) is 3.84. The van der Waals surface area contributed by atoms with Gasteiger partial charge in [0.05, 0.1) is 0 Å². The van der Waals surface area contributed by atoms with Crippen molar-refractivity contribution in [1.82, 2.24) is 4.90 Å². The van der Waals surface area contributed by atoms with Crippen LogP contribution in [0.1, 0.15) is 29.6 Å². The van der Waals surface area contributed by atoms with Crippen molar-refractivity contribution in [2.45, 2.75) is 31.3 Å². The van der Waals surface area contributed by atoms with Gasteiger partial charge in [0.2, 0.25) is 5.91 Å². The van der Waals surface area contributed by atoms with Crippen molar-refractivity contribution in [2.75, 3.05) is 18.4 Å². The maximum atomic E-state index is 11.0. The van der Waals surface area contributed by atoms with Crippen LogP contribution in [0.25, 0.3) is 0 Å². The number of rotatable bonds is 3. The van der Waals surface area contributed by atoms with Gasteiger partial charge in [0.1, 0.15) is 0 Å². The topological polar surface area (TPSA) is 58.4 Å². The second-order valence-corrected chi connectivity index (χ2v) is 5.23. The van der Waals surface area contributed by atoms with Gasteiger partial charge in [-0.2, -0.15) is 0 Å². The molecule has 2 heterocycles. The minimum absolute atomic E-state index is 0.371. The molecule has 2 fully saturated rings. The number of benzene rings is 1. The standard InChI is InChI=1S/C14H19N3O/c15-14(18)10-3-5-11(6-4-10)16-12-7-9-17-8-1-2-13(12)17/h3-6,12-13,16H,1-2,7-9H2,(H2,15,18). The Morgan fingerprint density at radius 1 is 1.22 bits per heavy atom. The zero-order valence-corrected chi connectivity index (χ0v) is 10.4. The Morgan fingerprint density at radius 2 is 2.00 bits per heavy atom. The minimum Gasteiger partial charge on any atom is -0.381 e. The molecular weight excluding hydrogens is 226 g/mol. The summed E-state index contributed by atoms with van der Waals surface area (Å²) in [5.41, 5.74) is 6.88. The molecule has 3 rings (SSSR count). The lowest BCUT2D eigenvalue weighted by Gasteiger charge is -2.22. The number of anilines is 1. The van der Waals surface area contributed by atoms with E-state index in [2.05, 4.69) is 10.2 Å². The van der Waals surface area contributed by atoms with Crippen molar-refractivity contribution in [2.24, 2.45) is 5.73 Å². The van der Waals surface area contributed by atoms with E-state index in [4.69, 9.17) is 5.73 Å². The largest absolute Gasteiger partial charge is 0.381 e. The fraction of sp³-hybridized carbons (Fsp3) is 0.500. The Balaban J connectivity index is 1.67. The summed E-state index contributed by atoms with van der Waals surface area (Å²) in [6, 6.07) is 8.70. The molecule has 1 aromatic carbocycles. The van der Waals surface area contributed by atoms with Crippen molar-refractivity contribution in [3.63, 3.8) is 0 Å². The highest BCUT2D eigenvalue weighted by molar-refractivity contribution is 5.93. The van der Waals surface area contributed by atoms with E-state index in [1.54, 1.807) is 12.1 Å². The van der Waals surface area contributed by atoms with Crippen LogP contribution < -0.4 is 11.1 Å². The molecule has 4 nitrogen and oxygen atoms in total. The van der Waals surface area contributed by atoms with E-state index >= 15 is 0 Å². The summed E-state index contributed by atoms with van der Waals surface area (Å²) < 4.78 is 0. The third-order valence-electron chi connectivity index (χ3n) is 4.13. The van der Waals surface area contributed by atoms with Crippen molar-refractivity contribution in [1.29, 1.82) is 0 Å². The molecule has 4 heteroatoms. The number of nitrogens with two attached hydrogens (primary N) is 1. The molecule has 0 saturated carbocycles. The molecule has 0 bridgehead atoms. The molecule has 2 atom stereocenters. The SMILES string of the molecule is NC(=O)c1ccc(NC2CCN3CCCC23)cc1. The fourth-order valence-electron chi connectivity index (χ4n) is 3.20. The van der Waals surface area contributed by atoms with Gasteiger partial charge in [0.15, 0.2) is 0 Å². The Labute approximate surface area is 107 Å². The van der Waals surface area contributed by atoms with Gasteiger partial charge in [-0.25, -0.2) is 0 Å². The number of nitrogens with zero attached hydrogens (tertiary/aromatic N) is 1. The van der Waals surface area contributed by atoms with E-state index in [-0.39, 0.29) is 5.91 Å². The van der Waals surface area contributed by atoms with Crippen LogP contribution in [0.2, 0.25) is 0 Å². The van der Waals surface area contributed by atoms with Crippen LogP contribution in [0.15, 0.2) is 24.3 Å². The lowest BCUT2D eigenvalue weighted by atomic mass is 10.1. The van der Waals surface area contributed by atoms with Crippen LogP contribution in [0.5, 0.6) is 0 Å². The van der Waals surface area contributed by atoms with Crippen molar-refractivity contribution in [3.8, 4) is 0 Å². The van der Waals surface area contributed by atoms with Crippen LogP contribution in [0.4, 0.5) is 5.69 Å². The summed E-state index contributed by atoms with van der Waals surface area (Å²) in [7, 11) is 0. The first kappa shape index (κ1) is 11.5. The number of primary amides is 1. The highest BCUT2D eigenvalue weighted by Crippen LogP contribution is 2.30. The predicted molar refractivity (Wildman–Crippen MR) is 71.6 cm³/mol. The fourth-order valence-corrected chi connectivity index (χ4v) is 3.20. The molecule has 0 spiro atoms. The van der Waals surface area contributed by atoms with Crippen molar-refractivity contribution < 1.29 is 4.79 Å². The molecule has 18 heavy (non-hydrogen) atoms. The number of hydrogen-bond acceptors (Lipinski definition) is 3. The summed E-state index contributed by atoms with van der Waals surface area (Å²) in [5.74, 6) is -0.371. The zero-order chi connectivity index (χ0) is 12.5. The Morgan fingerprint density at radius 3 is 2.72 bits per heavy atom. The van der Waals surface area contributed by atoms with E-state index in [1.807, 2.05) is 12.1 Å². The molecule has 2 aliphatic rings. The third-order valence-corrected chi connectivity index (χ3v) is 4.13. The number of amides is 1. The van der Waals surface area contributed by atoms with Crippen LogP contribution in [0.3, 0.4) is 0 Å². The number of fused-ring (bicyclic) bond motifs is 1. The third kappa shape index (κ3) is 2.08. The van der Waals surface area contributed by atoms with Gasteiger partial charge in [-0.15, -0.1) is 0 Å². The van der Waals surface area contributed by atoms with E-state index < -0.39 is 0 Å². The van der Waals surface area contributed by atoms with Gasteiger partial charge < -0.3 is 11.1 Å². The number of carbonyl (C=O) groups is 1. The van der Waals surface area contributed by atoms with Crippen LogP contribution in [-0.4, -0.2) is 36.0 Å². The monoisotopic (exact) mass is 245 g/mol. The average molecular weight is 245 g/mol. The molecule has 1 aromatic rings. The van der Waals surface area contributed by atoms with Gasteiger partial charge in [0, 0.05) is 29.9 Å². The number of nitrogens with one attached hydrogen (secondary N) is 1. The maximum absolute atomic E-state index is 11.0. The van der Waals surface area contributed by atoms with Gasteiger partial charge >= 0.3 is 0 Å². The summed E-state index contributed by atoms with van der Waals surface area (Å²) in [6.45, 7) is 2.46. The molecule has 0 aromatic heterocycles. The first-order valence-electron chi connectivity index (χ1n) is 6.64. The first-order chi connectivity index (χ1) is 8.74. The Kier molecular flexibility index (Phi) is 2.96. The second-order valence-electron chi connectivity index (χ2n) is 5.23. The van der Waals surface area contributed by atoms with E-state index in [1.165, 1.54) is 32.4 Å². The quantitative estimate of drug-likeness (QED) is 0.847. The maximum Gasteiger partial charge on any atom is 0.248 e. The second kappa shape index (κ2) is 4.61. The van der Waals surface area contributed by atoms with E-state index in [0.29, 0.717) is 17.6 Å². The molecule has 0 radical (unpaired) electrons. The summed E-state index contributed by atoms with van der Waals surface area (Å²) >= 11 is 0. The molecule has 0 aliphatic carbocycles. The van der Waals surface area contributed by atoms with Crippen LogP contribution in [0, 0.1) is 0 Å². The van der Waals surface area contributed by atoms with Gasteiger partial charge in [-0.1, -0.05) is 0 Å². The lowest BCUT2D eigenvalue weighted by molar-refractivity contribution is 0.100. The van der Waals surface area contributed by atoms with Crippen LogP contribution >= 0.6 is 0 Å². The Hall–Kier alpha value is -1.55. The van der Waals surface area contributed by atoms with E-state index in [0.717, 1.165) is 5.69 Å². The van der Waals surface area contributed by atoms with E-state index in [9.17, 15) is 4.79 Å².